The molecule has 0 aromatic heterocycles. The minimum absolute atomic E-state index is 0.329. The molecule has 50 valence electrons. The Balaban J connectivity index is 2.55. The van der Waals surface area contributed by atoms with Crippen LogP contribution < -0.4 is 0 Å². The lowest BCUT2D eigenvalue weighted by Crippen LogP contribution is -2.30. The van der Waals surface area contributed by atoms with E-state index in [1.54, 1.807) is 18.1 Å². The molecule has 1 atom stereocenters. The van der Waals surface area contributed by atoms with Crippen LogP contribution in [0.1, 0.15) is 6.42 Å². The molecule has 1 heterocycles. The maximum absolute atomic E-state index is 10.3. The molecule has 0 fully saturated rings. The van der Waals surface area contributed by atoms with Crippen molar-refractivity contribution in [3.63, 3.8) is 0 Å². The van der Waals surface area contributed by atoms with Gasteiger partial charge in [-0.05, 0) is 12.6 Å². The Bertz CT molecular complexity index is 153. The van der Waals surface area contributed by atoms with Crippen LogP contribution in [0.25, 0.3) is 0 Å². The van der Waals surface area contributed by atoms with E-state index in [2.05, 4.69) is 0 Å². The third-order valence-electron chi connectivity index (χ3n) is 1.48. The summed E-state index contributed by atoms with van der Waals surface area (Å²) in [6.07, 6.45) is 4.28. The van der Waals surface area contributed by atoms with Crippen molar-refractivity contribution in [2.24, 2.45) is 0 Å². The molecule has 0 aromatic rings. The molecular weight excluding hydrogens is 118 g/mol. The van der Waals surface area contributed by atoms with E-state index in [1.165, 1.54) is 0 Å². The van der Waals surface area contributed by atoms with Gasteiger partial charge in [-0.3, -0.25) is 0 Å². The predicted molar refractivity (Wildman–Crippen MR) is 32.9 cm³/mol. The van der Waals surface area contributed by atoms with Crippen LogP contribution in [0.2, 0.25) is 0 Å². The summed E-state index contributed by atoms with van der Waals surface area (Å²) in [7, 11) is 1.77. The van der Waals surface area contributed by atoms with E-state index in [1.807, 2.05) is 6.08 Å². The fourth-order valence-corrected chi connectivity index (χ4v) is 0.901. The predicted octanol–water partition coefficient (Wildman–Crippen LogP) is 0.289. The second kappa shape index (κ2) is 2.09. The molecule has 0 radical (unpaired) electrons. The van der Waals surface area contributed by atoms with Crippen LogP contribution in [0, 0.1) is 0 Å². The highest BCUT2D eigenvalue weighted by molar-refractivity contribution is 5.74. The summed E-state index contributed by atoms with van der Waals surface area (Å²) >= 11 is 0. The highest BCUT2D eigenvalue weighted by Crippen LogP contribution is 2.10. The molecule has 1 rings (SSSR count). The van der Waals surface area contributed by atoms with Gasteiger partial charge in [-0.25, -0.2) is 4.79 Å². The third-order valence-corrected chi connectivity index (χ3v) is 1.48. The van der Waals surface area contributed by atoms with Gasteiger partial charge in [0.05, 0.1) is 0 Å². The van der Waals surface area contributed by atoms with Crippen molar-refractivity contribution < 1.29 is 9.90 Å². The molecule has 9 heavy (non-hydrogen) atoms. The van der Waals surface area contributed by atoms with Gasteiger partial charge < -0.3 is 10.0 Å². The van der Waals surface area contributed by atoms with E-state index >= 15 is 0 Å². The Kier molecular flexibility index (Phi) is 1.42. The van der Waals surface area contributed by atoms with E-state index in [4.69, 9.17) is 5.11 Å². The largest absolute Gasteiger partial charge is 0.480 e. The van der Waals surface area contributed by atoms with Gasteiger partial charge in [-0.1, -0.05) is 6.08 Å². The molecule has 1 N–H and O–H groups in total. The van der Waals surface area contributed by atoms with Crippen molar-refractivity contribution >= 4 is 5.97 Å². The SMILES string of the molecule is CN1C=CCC1C(=O)O. The van der Waals surface area contributed by atoms with Gasteiger partial charge >= 0.3 is 5.97 Å². The highest BCUT2D eigenvalue weighted by Gasteiger charge is 2.22. The maximum Gasteiger partial charge on any atom is 0.326 e. The molecular formula is C6H9NO2. The fraction of sp³-hybridized carbons (Fsp3) is 0.500. The second-order valence-corrected chi connectivity index (χ2v) is 2.14. The summed E-state index contributed by atoms with van der Waals surface area (Å²) in [4.78, 5) is 12.0. The Labute approximate surface area is 53.6 Å². The van der Waals surface area contributed by atoms with Gasteiger partial charge in [0.25, 0.3) is 0 Å². The van der Waals surface area contributed by atoms with Crippen LogP contribution in [-0.4, -0.2) is 29.1 Å². The summed E-state index contributed by atoms with van der Waals surface area (Å²) in [6.45, 7) is 0. The average Bonchev–Trinajstić information content (AvgIpc) is 2.13. The molecule has 1 aliphatic heterocycles. The number of nitrogens with zero attached hydrogens (tertiary/aromatic N) is 1. The molecule has 0 aromatic carbocycles. The number of hydrogen-bond acceptors (Lipinski definition) is 2. The van der Waals surface area contributed by atoms with Gasteiger partial charge in [0, 0.05) is 7.05 Å². The summed E-state index contributed by atoms with van der Waals surface area (Å²) in [5.74, 6) is -0.748. The molecule has 3 heteroatoms. The average molecular weight is 127 g/mol. The Hall–Kier alpha value is -0.990. The number of likely N-dealkylation sites (N-methyl/N-ethyl adjacent to an activating group) is 1. The van der Waals surface area contributed by atoms with E-state index in [9.17, 15) is 4.79 Å². The van der Waals surface area contributed by atoms with Gasteiger partial charge in [0.15, 0.2) is 0 Å². The third kappa shape index (κ3) is 1.04. The summed E-state index contributed by atoms with van der Waals surface area (Å²) in [6, 6.07) is -0.329. The van der Waals surface area contributed by atoms with Crippen LogP contribution in [0.3, 0.4) is 0 Å². The molecule has 0 aliphatic carbocycles. The van der Waals surface area contributed by atoms with Gasteiger partial charge in [0.2, 0.25) is 0 Å². The van der Waals surface area contributed by atoms with Crippen LogP contribution in [0.15, 0.2) is 12.3 Å². The van der Waals surface area contributed by atoms with E-state index in [0.717, 1.165) is 0 Å². The quantitative estimate of drug-likeness (QED) is 0.550. The smallest absolute Gasteiger partial charge is 0.326 e. The lowest BCUT2D eigenvalue weighted by atomic mass is 10.2. The van der Waals surface area contributed by atoms with E-state index in [0.29, 0.717) is 6.42 Å². The normalized spacial score (nSPS) is 25.0. The van der Waals surface area contributed by atoms with Gasteiger partial charge in [-0.15, -0.1) is 0 Å². The van der Waals surface area contributed by atoms with Crippen LogP contribution in [0.5, 0.6) is 0 Å². The maximum atomic E-state index is 10.3. The van der Waals surface area contributed by atoms with Crippen molar-refractivity contribution in [1.82, 2.24) is 4.90 Å². The Morgan fingerprint density at radius 1 is 1.89 bits per heavy atom. The standard InChI is InChI=1S/C6H9NO2/c1-7-4-2-3-5(7)6(8)9/h2,4-5H,3H2,1H3,(H,8,9). The minimum Gasteiger partial charge on any atom is -0.480 e. The van der Waals surface area contributed by atoms with E-state index < -0.39 is 5.97 Å². The van der Waals surface area contributed by atoms with Crippen LogP contribution in [-0.2, 0) is 4.79 Å². The first-order valence-electron chi connectivity index (χ1n) is 2.83. The lowest BCUT2D eigenvalue weighted by molar-refractivity contribution is -0.141. The topological polar surface area (TPSA) is 40.5 Å². The van der Waals surface area contributed by atoms with E-state index in [-0.39, 0.29) is 6.04 Å². The van der Waals surface area contributed by atoms with Crippen molar-refractivity contribution in [3.8, 4) is 0 Å². The number of aliphatic carboxylic acids is 1. The monoisotopic (exact) mass is 127 g/mol. The van der Waals surface area contributed by atoms with Gasteiger partial charge in [0.1, 0.15) is 6.04 Å². The molecule has 3 nitrogen and oxygen atoms in total. The molecule has 0 bridgehead atoms. The zero-order valence-corrected chi connectivity index (χ0v) is 5.24. The molecule has 0 saturated carbocycles. The number of hydrogen-bond donors (Lipinski definition) is 1. The van der Waals surface area contributed by atoms with Crippen molar-refractivity contribution in [3.05, 3.63) is 12.3 Å². The fourth-order valence-electron chi connectivity index (χ4n) is 0.901. The second-order valence-electron chi connectivity index (χ2n) is 2.14. The molecule has 0 spiro atoms. The first-order chi connectivity index (χ1) is 4.22. The first kappa shape index (κ1) is 6.13. The zero-order valence-electron chi connectivity index (χ0n) is 5.24. The Morgan fingerprint density at radius 2 is 2.56 bits per heavy atom. The first-order valence-corrected chi connectivity index (χ1v) is 2.83. The van der Waals surface area contributed by atoms with Crippen molar-refractivity contribution in [2.45, 2.75) is 12.5 Å². The summed E-state index contributed by atoms with van der Waals surface area (Å²) in [5.41, 5.74) is 0. The molecule has 1 aliphatic rings. The zero-order chi connectivity index (χ0) is 6.85. The summed E-state index contributed by atoms with van der Waals surface area (Å²) in [5, 5.41) is 8.50. The Morgan fingerprint density at radius 3 is 2.78 bits per heavy atom. The van der Waals surface area contributed by atoms with Crippen LogP contribution in [0.4, 0.5) is 0 Å². The summed E-state index contributed by atoms with van der Waals surface area (Å²) < 4.78 is 0. The highest BCUT2D eigenvalue weighted by atomic mass is 16.4. The van der Waals surface area contributed by atoms with Crippen molar-refractivity contribution in [2.75, 3.05) is 7.05 Å². The van der Waals surface area contributed by atoms with Crippen LogP contribution >= 0.6 is 0 Å². The lowest BCUT2D eigenvalue weighted by Gasteiger charge is -2.14. The molecule has 0 saturated heterocycles. The minimum atomic E-state index is -0.748. The number of rotatable bonds is 1. The molecule has 1 unspecified atom stereocenters. The number of carbonyl (C=O) groups is 1. The number of carboxylic acids is 1. The van der Waals surface area contributed by atoms with Gasteiger partial charge in [-0.2, -0.15) is 0 Å². The van der Waals surface area contributed by atoms with Crippen molar-refractivity contribution in [1.29, 1.82) is 0 Å². The molecule has 0 amide bonds. The number of carboxylic acid groups (broad SMARTS) is 1.